The summed E-state index contributed by atoms with van der Waals surface area (Å²) in [4.78, 5) is 26.4. The molecule has 24 heavy (non-hydrogen) atoms. The van der Waals surface area contributed by atoms with E-state index >= 15 is 0 Å². The minimum absolute atomic E-state index is 0.0123. The van der Waals surface area contributed by atoms with Gasteiger partial charge in [0.1, 0.15) is 12.3 Å². The highest BCUT2D eigenvalue weighted by Gasteiger charge is 2.33. The highest BCUT2D eigenvalue weighted by atomic mass is 16.5. The molecule has 6 nitrogen and oxygen atoms in total. The summed E-state index contributed by atoms with van der Waals surface area (Å²) in [5.74, 6) is 0.285. The lowest BCUT2D eigenvalue weighted by molar-refractivity contribution is -0.128. The first kappa shape index (κ1) is 16.8. The molecule has 1 saturated carbocycles. The van der Waals surface area contributed by atoms with Gasteiger partial charge in [-0.25, -0.2) is 0 Å². The highest BCUT2D eigenvalue weighted by Crippen LogP contribution is 2.35. The van der Waals surface area contributed by atoms with E-state index < -0.39 is 6.10 Å². The van der Waals surface area contributed by atoms with Crippen molar-refractivity contribution in [2.75, 3.05) is 11.4 Å². The Morgan fingerprint density at radius 2 is 2.12 bits per heavy atom. The van der Waals surface area contributed by atoms with E-state index in [1.54, 1.807) is 6.92 Å². The summed E-state index contributed by atoms with van der Waals surface area (Å²) >= 11 is 0. The second-order valence-corrected chi connectivity index (χ2v) is 6.75. The molecular formula is C18H25N3O3. The molecule has 0 saturated heterocycles. The molecule has 2 amide bonds. The molecule has 1 aromatic rings. The Bertz CT molecular complexity index is 638. The predicted octanol–water partition coefficient (Wildman–Crippen LogP) is 1.88. The van der Waals surface area contributed by atoms with Gasteiger partial charge in [-0.3, -0.25) is 14.5 Å². The van der Waals surface area contributed by atoms with Crippen LogP contribution in [0.15, 0.2) is 18.2 Å². The van der Waals surface area contributed by atoms with Crippen molar-refractivity contribution in [2.24, 2.45) is 5.73 Å². The first-order valence-corrected chi connectivity index (χ1v) is 8.62. The van der Waals surface area contributed by atoms with Gasteiger partial charge in [0.25, 0.3) is 5.91 Å². The molecule has 0 radical (unpaired) electrons. The SMILES string of the molecule is C[C@H](N)c1ccc2c(c1)N(CC(=O)NC1CCCC1)C(=O)[C@@H](C)O2. The van der Waals surface area contributed by atoms with Crippen LogP contribution in [0.2, 0.25) is 0 Å². The van der Waals surface area contributed by atoms with Gasteiger partial charge in [-0.15, -0.1) is 0 Å². The summed E-state index contributed by atoms with van der Waals surface area (Å²) < 4.78 is 5.66. The molecule has 3 rings (SSSR count). The van der Waals surface area contributed by atoms with Gasteiger partial charge in [0.05, 0.1) is 5.69 Å². The third-order valence-corrected chi connectivity index (χ3v) is 4.74. The standard InChI is InChI=1S/C18H25N3O3/c1-11(19)13-7-8-16-15(9-13)21(18(23)12(2)24-16)10-17(22)20-14-5-3-4-6-14/h7-9,11-12,14H,3-6,10,19H2,1-2H3,(H,20,22)/t11-,12+/m0/s1. The number of nitrogens with zero attached hydrogens (tertiary/aromatic N) is 1. The second-order valence-electron chi connectivity index (χ2n) is 6.75. The summed E-state index contributed by atoms with van der Waals surface area (Å²) in [6.45, 7) is 3.60. The first-order chi connectivity index (χ1) is 11.5. The molecular weight excluding hydrogens is 306 g/mol. The number of nitrogens with two attached hydrogens (primary N) is 1. The van der Waals surface area contributed by atoms with Crippen LogP contribution >= 0.6 is 0 Å². The van der Waals surface area contributed by atoms with Crippen molar-refractivity contribution < 1.29 is 14.3 Å². The van der Waals surface area contributed by atoms with Crippen LogP contribution in [0.3, 0.4) is 0 Å². The number of rotatable bonds is 4. The van der Waals surface area contributed by atoms with Crippen molar-refractivity contribution in [1.82, 2.24) is 5.32 Å². The van der Waals surface area contributed by atoms with Crippen LogP contribution < -0.4 is 20.7 Å². The maximum Gasteiger partial charge on any atom is 0.268 e. The summed E-state index contributed by atoms with van der Waals surface area (Å²) in [6.07, 6.45) is 3.74. The van der Waals surface area contributed by atoms with E-state index in [1.807, 2.05) is 25.1 Å². The first-order valence-electron chi connectivity index (χ1n) is 8.62. The number of fused-ring (bicyclic) bond motifs is 1. The summed E-state index contributed by atoms with van der Waals surface area (Å²) in [5.41, 5.74) is 7.46. The van der Waals surface area contributed by atoms with Crippen LogP contribution in [0.4, 0.5) is 5.69 Å². The number of nitrogens with one attached hydrogen (secondary N) is 1. The number of benzene rings is 1. The molecule has 0 aromatic heterocycles. The van der Waals surface area contributed by atoms with Crippen LogP contribution in [0.25, 0.3) is 0 Å². The zero-order chi connectivity index (χ0) is 17.3. The van der Waals surface area contributed by atoms with E-state index in [0.717, 1.165) is 31.2 Å². The van der Waals surface area contributed by atoms with Gasteiger partial charge in [0.2, 0.25) is 5.91 Å². The van der Waals surface area contributed by atoms with Crippen LogP contribution in [0.5, 0.6) is 5.75 Å². The van der Waals surface area contributed by atoms with E-state index in [9.17, 15) is 9.59 Å². The number of anilines is 1. The van der Waals surface area contributed by atoms with Crippen molar-refractivity contribution in [1.29, 1.82) is 0 Å². The zero-order valence-electron chi connectivity index (χ0n) is 14.2. The normalized spacial score (nSPS) is 22.0. The molecule has 130 valence electrons. The lowest BCUT2D eigenvalue weighted by atomic mass is 10.1. The van der Waals surface area contributed by atoms with E-state index in [1.165, 1.54) is 4.90 Å². The van der Waals surface area contributed by atoms with Crippen LogP contribution in [0, 0.1) is 0 Å². The van der Waals surface area contributed by atoms with Crippen molar-refractivity contribution in [2.45, 2.75) is 57.7 Å². The Balaban J connectivity index is 1.81. The largest absolute Gasteiger partial charge is 0.479 e. The summed E-state index contributed by atoms with van der Waals surface area (Å²) in [6, 6.07) is 5.63. The van der Waals surface area contributed by atoms with Gasteiger partial charge in [-0.05, 0) is 44.4 Å². The molecule has 1 aromatic carbocycles. The van der Waals surface area contributed by atoms with Crippen molar-refractivity contribution in [3.63, 3.8) is 0 Å². The van der Waals surface area contributed by atoms with Gasteiger partial charge < -0.3 is 15.8 Å². The molecule has 6 heteroatoms. The average Bonchev–Trinajstić information content (AvgIpc) is 3.04. The fourth-order valence-corrected chi connectivity index (χ4v) is 3.36. The fourth-order valence-electron chi connectivity index (χ4n) is 3.36. The van der Waals surface area contributed by atoms with Crippen LogP contribution in [-0.2, 0) is 9.59 Å². The van der Waals surface area contributed by atoms with Gasteiger partial charge >= 0.3 is 0 Å². The van der Waals surface area contributed by atoms with E-state index in [-0.39, 0.29) is 30.4 Å². The molecule has 0 unspecified atom stereocenters. The predicted molar refractivity (Wildman–Crippen MR) is 91.9 cm³/mol. The van der Waals surface area contributed by atoms with Gasteiger partial charge in [-0.2, -0.15) is 0 Å². The number of hydrogen-bond donors (Lipinski definition) is 2. The smallest absolute Gasteiger partial charge is 0.268 e. The molecule has 1 aliphatic carbocycles. The molecule has 2 atom stereocenters. The summed E-state index contributed by atoms with van der Waals surface area (Å²) in [7, 11) is 0. The van der Waals surface area contributed by atoms with E-state index in [0.29, 0.717) is 11.4 Å². The lowest BCUT2D eigenvalue weighted by Crippen LogP contribution is -2.50. The zero-order valence-corrected chi connectivity index (χ0v) is 14.2. The van der Waals surface area contributed by atoms with E-state index in [2.05, 4.69) is 5.32 Å². The third kappa shape index (κ3) is 3.38. The Labute approximate surface area is 142 Å². The Morgan fingerprint density at radius 3 is 2.79 bits per heavy atom. The van der Waals surface area contributed by atoms with Crippen molar-refractivity contribution in [3.8, 4) is 5.75 Å². The number of ether oxygens (including phenoxy) is 1. The molecule has 2 aliphatic rings. The number of hydrogen-bond acceptors (Lipinski definition) is 4. The molecule has 1 heterocycles. The average molecular weight is 331 g/mol. The van der Waals surface area contributed by atoms with Crippen molar-refractivity contribution in [3.05, 3.63) is 23.8 Å². The monoisotopic (exact) mass is 331 g/mol. The second kappa shape index (κ2) is 6.81. The fraction of sp³-hybridized carbons (Fsp3) is 0.556. The third-order valence-electron chi connectivity index (χ3n) is 4.74. The quantitative estimate of drug-likeness (QED) is 0.882. The van der Waals surface area contributed by atoms with Gasteiger partial charge in [0.15, 0.2) is 6.10 Å². The number of amides is 2. The maximum absolute atomic E-state index is 12.5. The topological polar surface area (TPSA) is 84.7 Å². The Morgan fingerprint density at radius 1 is 1.42 bits per heavy atom. The molecule has 0 bridgehead atoms. The van der Waals surface area contributed by atoms with Crippen LogP contribution in [0.1, 0.15) is 51.1 Å². The van der Waals surface area contributed by atoms with Gasteiger partial charge in [-0.1, -0.05) is 18.9 Å². The minimum atomic E-state index is -0.599. The lowest BCUT2D eigenvalue weighted by Gasteiger charge is -2.33. The Hall–Kier alpha value is -2.08. The molecule has 1 fully saturated rings. The van der Waals surface area contributed by atoms with Crippen molar-refractivity contribution >= 4 is 17.5 Å². The van der Waals surface area contributed by atoms with Gasteiger partial charge in [0, 0.05) is 12.1 Å². The minimum Gasteiger partial charge on any atom is -0.479 e. The molecule has 0 spiro atoms. The maximum atomic E-state index is 12.5. The molecule has 3 N–H and O–H groups in total. The number of carbonyl (C=O) groups is 2. The summed E-state index contributed by atoms with van der Waals surface area (Å²) in [5, 5.41) is 3.03. The molecule has 1 aliphatic heterocycles. The Kier molecular flexibility index (Phi) is 4.76. The van der Waals surface area contributed by atoms with E-state index in [4.69, 9.17) is 10.5 Å². The highest BCUT2D eigenvalue weighted by molar-refractivity contribution is 6.03. The van der Waals surface area contributed by atoms with Crippen LogP contribution in [-0.4, -0.2) is 30.5 Å². The number of carbonyl (C=O) groups excluding carboxylic acids is 2.